The fourth-order valence-electron chi connectivity index (χ4n) is 3.53. The summed E-state index contributed by atoms with van der Waals surface area (Å²) in [5.41, 5.74) is 2.39. The number of thioether (sulfide) groups is 1. The van der Waals surface area contributed by atoms with Crippen molar-refractivity contribution in [2.45, 2.75) is 17.5 Å². The molecular formula is C25H20N4O3S. The van der Waals surface area contributed by atoms with Gasteiger partial charge in [0.05, 0.1) is 19.0 Å². The first-order chi connectivity index (χ1) is 16.2. The predicted octanol–water partition coefficient (Wildman–Crippen LogP) is 4.80. The summed E-state index contributed by atoms with van der Waals surface area (Å²) in [4.78, 5) is 13.1. The van der Waals surface area contributed by atoms with Gasteiger partial charge in [-0.3, -0.25) is 4.79 Å². The van der Waals surface area contributed by atoms with Crippen molar-refractivity contribution in [3.63, 3.8) is 0 Å². The van der Waals surface area contributed by atoms with Crippen molar-refractivity contribution in [2.24, 2.45) is 0 Å². The molecule has 0 aliphatic rings. The van der Waals surface area contributed by atoms with Crippen LogP contribution in [0.3, 0.4) is 0 Å². The quantitative estimate of drug-likeness (QED) is 0.326. The summed E-state index contributed by atoms with van der Waals surface area (Å²) in [6.45, 7) is 0.350. The molecule has 0 bridgehead atoms. The van der Waals surface area contributed by atoms with Gasteiger partial charge in [-0.1, -0.05) is 72.4 Å². The van der Waals surface area contributed by atoms with Crippen LogP contribution in [0, 0.1) is 0 Å². The highest BCUT2D eigenvalue weighted by atomic mass is 32.2. The topological polar surface area (TPSA) is 83.0 Å². The van der Waals surface area contributed by atoms with E-state index in [1.807, 2.05) is 72.8 Å². The molecular weight excluding hydrogens is 436 g/mol. The lowest BCUT2D eigenvalue weighted by molar-refractivity contribution is 0.414. The van der Waals surface area contributed by atoms with Gasteiger partial charge in [-0.05, 0) is 29.3 Å². The van der Waals surface area contributed by atoms with Crippen molar-refractivity contribution in [3.05, 3.63) is 100 Å². The van der Waals surface area contributed by atoms with Gasteiger partial charge < -0.3 is 9.15 Å². The Morgan fingerprint density at radius 1 is 0.909 bits per heavy atom. The van der Waals surface area contributed by atoms with Crippen LogP contribution in [0.2, 0.25) is 0 Å². The van der Waals surface area contributed by atoms with Crippen molar-refractivity contribution in [2.75, 3.05) is 7.11 Å². The van der Waals surface area contributed by atoms with Gasteiger partial charge in [0.1, 0.15) is 5.75 Å². The smallest absolute Gasteiger partial charge is 0.277 e. The highest BCUT2D eigenvalue weighted by Gasteiger charge is 2.18. The number of benzene rings is 3. The zero-order chi connectivity index (χ0) is 22.6. The standard InChI is InChI=1S/C25H20N4O3S/c1-31-19-11-7-10-18(14-19)16-33-25-27-26-23(32-25)22-20-12-5-6-13-21(20)24(30)29(28-22)15-17-8-3-2-4-9-17/h2-14H,15-16H2,1H3. The van der Waals surface area contributed by atoms with E-state index in [2.05, 4.69) is 15.3 Å². The molecule has 0 unspecified atom stereocenters. The number of ether oxygens (including phenoxy) is 1. The van der Waals surface area contributed by atoms with Gasteiger partial charge in [0.15, 0.2) is 5.69 Å². The van der Waals surface area contributed by atoms with Gasteiger partial charge in [0.2, 0.25) is 0 Å². The molecule has 0 fully saturated rings. The number of hydrogen-bond acceptors (Lipinski definition) is 7. The first-order valence-corrected chi connectivity index (χ1v) is 11.3. The van der Waals surface area contributed by atoms with Gasteiger partial charge in [0, 0.05) is 11.1 Å². The van der Waals surface area contributed by atoms with E-state index in [0.717, 1.165) is 16.9 Å². The first-order valence-electron chi connectivity index (χ1n) is 10.3. The van der Waals surface area contributed by atoms with E-state index in [1.165, 1.54) is 16.4 Å². The lowest BCUT2D eigenvalue weighted by atomic mass is 10.1. The Bertz CT molecular complexity index is 1460. The van der Waals surface area contributed by atoms with Gasteiger partial charge in [-0.2, -0.15) is 5.10 Å². The summed E-state index contributed by atoms with van der Waals surface area (Å²) < 4.78 is 12.7. The molecule has 2 heterocycles. The largest absolute Gasteiger partial charge is 0.497 e. The van der Waals surface area contributed by atoms with Gasteiger partial charge >= 0.3 is 0 Å². The van der Waals surface area contributed by atoms with E-state index in [-0.39, 0.29) is 11.4 Å². The van der Waals surface area contributed by atoms with Gasteiger partial charge in [-0.25, -0.2) is 4.68 Å². The summed E-state index contributed by atoms with van der Waals surface area (Å²) >= 11 is 1.43. The molecule has 0 saturated heterocycles. The third-order valence-electron chi connectivity index (χ3n) is 5.15. The maximum absolute atomic E-state index is 13.1. The molecule has 0 saturated carbocycles. The number of methoxy groups -OCH3 is 1. The number of fused-ring (bicyclic) bond motifs is 1. The SMILES string of the molecule is COc1cccc(CSc2nnc(-c3nn(Cc4ccccc4)c(=O)c4ccccc34)o2)c1. The predicted molar refractivity (Wildman–Crippen MR) is 127 cm³/mol. The second-order valence-corrected chi connectivity index (χ2v) is 8.28. The lowest BCUT2D eigenvalue weighted by Gasteiger charge is -2.09. The van der Waals surface area contributed by atoms with E-state index < -0.39 is 0 Å². The molecule has 5 aromatic rings. The summed E-state index contributed by atoms with van der Waals surface area (Å²) in [5, 5.41) is 14.7. The molecule has 33 heavy (non-hydrogen) atoms. The van der Waals surface area contributed by atoms with Crippen LogP contribution in [0.4, 0.5) is 0 Å². The maximum atomic E-state index is 13.1. The Balaban J connectivity index is 1.47. The highest BCUT2D eigenvalue weighted by molar-refractivity contribution is 7.98. The van der Waals surface area contributed by atoms with Gasteiger partial charge in [-0.15, -0.1) is 10.2 Å². The molecule has 0 atom stereocenters. The molecule has 0 aliphatic heterocycles. The number of aromatic nitrogens is 4. The van der Waals surface area contributed by atoms with Crippen molar-refractivity contribution in [1.82, 2.24) is 20.0 Å². The molecule has 7 nitrogen and oxygen atoms in total. The number of hydrogen-bond donors (Lipinski definition) is 0. The van der Waals surface area contributed by atoms with E-state index in [1.54, 1.807) is 13.2 Å². The zero-order valence-electron chi connectivity index (χ0n) is 17.8. The van der Waals surface area contributed by atoms with Crippen molar-refractivity contribution in [1.29, 1.82) is 0 Å². The molecule has 8 heteroatoms. The Hall–Kier alpha value is -3.91. The molecule has 164 valence electrons. The van der Waals surface area contributed by atoms with Crippen molar-refractivity contribution >= 4 is 22.5 Å². The minimum atomic E-state index is -0.162. The van der Waals surface area contributed by atoms with E-state index in [4.69, 9.17) is 9.15 Å². The summed E-state index contributed by atoms with van der Waals surface area (Å²) in [6.07, 6.45) is 0. The molecule has 0 aliphatic carbocycles. The average Bonchev–Trinajstić information content (AvgIpc) is 3.34. The summed E-state index contributed by atoms with van der Waals surface area (Å²) in [7, 11) is 1.64. The second-order valence-electron chi connectivity index (χ2n) is 7.36. The van der Waals surface area contributed by atoms with Crippen LogP contribution in [0.1, 0.15) is 11.1 Å². The number of nitrogens with zero attached hydrogens (tertiary/aromatic N) is 4. The molecule has 2 aromatic heterocycles. The van der Waals surface area contributed by atoms with Gasteiger partial charge in [0.25, 0.3) is 16.7 Å². The molecule has 3 aromatic carbocycles. The van der Waals surface area contributed by atoms with Crippen LogP contribution in [0.5, 0.6) is 5.75 Å². The molecule has 0 radical (unpaired) electrons. The Labute approximate surface area is 194 Å². The lowest BCUT2D eigenvalue weighted by Crippen LogP contribution is -2.24. The maximum Gasteiger partial charge on any atom is 0.277 e. The van der Waals surface area contributed by atoms with Crippen LogP contribution >= 0.6 is 11.8 Å². The summed E-state index contributed by atoms with van der Waals surface area (Å²) in [6, 6.07) is 24.9. The van der Waals surface area contributed by atoms with Crippen molar-refractivity contribution in [3.8, 4) is 17.3 Å². The fourth-order valence-corrected chi connectivity index (χ4v) is 4.23. The molecule has 0 amide bonds. The third kappa shape index (κ3) is 4.51. The number of rotatable bonds is 7. The fraction of sp³-hybridized carbons (Fsp3) is 0.120. The van der Waals surface area contributed by atoms with Crippen LogP contribution in [0.25, 0.3) is 22.4 Å². The van der Waals surface area contributed by atoms with Crippen LogP contribution in [-0.4, -0.2) is 27.1 Å². The minimum Gasteiger partial charge on any atom is -0.497 e. The highest BCUT2D eigenvalue weighted by Crippen LogP contribution is 2.28. The van der Waals surface area contributed by atoms with E-state index in [0.29, 0.717) is 34.0 Å². The normalized spacial score (nSPS) is 11.1. The summed E-state index contributed by atoms with van der Waals surface area (Å²) in [5.74, 6) is 1.73. The Morgan fingerprint density at radius 2 is 1.67 bits per heavy atom. The van der Waals surface area contributed by atoms with Crippen LogP contribution in [-0.2, 0) is 12.3 Å². The average molecular weight is 457 g/mol. The van der Waals surface area contributed by atoms with E-state index in [9.17, 15) is 4.79 Å². The monoisotopic (exact) mass is 456 g/mol. The van der Waals surface area contributed by atoms with Crippen LogP contribution < -0.4 is 10.3 Å². The second kappa shape index (κ2) is 9.30. The first kappa shape index (κ1) is 21.0. The third-order valence-corrected chi connectivity index (χ3v) is 6.04. The Morgan fingerprint density at radius 3 is 2.48 bits per heavy atom. The minimum absolute atomic E-state index is 0.162. The molecule has 0 spiro atoms. The van der Waals surface area contributed by atoms with Crippen molar-refractivity contribution < 1.29 is 9.15 Å². The Kier molecular flexibility index (Phi) is 5.91. The van der Waals surface area contributed by atoms with E-state index >= 15 is 0 Å². The zero-order valence-corrected chi connectivity index (χ0v) is 18.7. The van der Waals surface area contributed by atoms with Crippen LogP contribution in [0.15, 0.2) is 93.3 Å². The molecule has 0 N–H and O–H groups in total. The molecule has 5 rings (SSSR count).